The Balaban J connectivity index is 2.22. The van der Waals surface area contributed by atoms with E-state index in [1.165, 1.54) is 25.3 Å². The Bertz CT molecular complexity index is 727. The molecule has 0 atom stereocenters. The van der Waals surface area contributed by atoms with Crippen molar-refractivity contribution < 1.29 is 13.2 Å². The number of sulfonamides is 1. The van der Waals surface area contributed by atoms with E-state index in [9.17, 15) is 8.42 Å². The lowest BCUT2D eigenvalue weighted by Gasteiger charge is -2.10. The predicted molar refractivity (Wildman–Crippen MR) is 83.5 cm³/mol. The minimum absolute atomic E-state index is 0.0231. The molecule has 0 bridgehead atoms. The summed E-state index contributed by atoms with van der Waals surface area (Å²) in [7, 11) is -2.17. The lowest BCUT2D eigenvalue weighted by molar-refractivity contribution is 0.409. The smallest absolute Gasteiger partial charge is 0.240 e. The zero-order valence-electron chi connectivity index (χ0n) is 11.1. The van der Waals surface area contributed by atoms with E-state index in [1.807, 2.05) is 12.1 Å². The Morgan fingerprint density at radius 3 is 2.33 bits per heavy atom. The van der Waals surface area contributed by atoms with Gasteiger partial charge < -0.3 is 4.74 Å². The molecule has 0 amide bonds. The average Bonchev–Trinajstić information content (AvgIpc) is 2.44. The van der Waals surface area contributed by atoms with Crippen LogP contribution >= 0.6 is 23.2 Å². The zero-order chi connectivity index (χ0) is 15.5. The van der Waals surface area contributed by atoms with Gasteiger partial charge in [0, 0.05) is 22.2 Å². The Hall–Kier alpha value is -1.27. The van der Waals surface area contributed by atoms with Crippen LogP contribution in [0.15, 0.2) is 47.4 Å². The molecule has 0 saturated carbocycles. The summed E-state index contributed by atoms with van der Waals surface area (Å²) in [5, 5.41) is 0.528. The molecule has 0 spiro atoms. The molecule has 2 aromatic rings. The van der Waals surface area contributed by atoms with Gasteiger partial charge in [-0.3, -0.25) is 0 Å². The molecular weight excluding hydrogens is 333 g/mol. The van der Waals surface area contributed by atoms with Gasteiger partial charge in [-0.25, -0.2) is 13.1 Å². The number of rotatable bonds is 5. The van der Waals surface area contributed by atoms with E-state index < -0.39 is 10.0 Å². The maximum Gasteiger partial charge on any atom is 0.240 e. The monoisotopic (exact) mass is 345 g/mol. The third-order valence-corrected chi connectivity index (χ3v) is 4.61. The molecule has 21 heavy (non-hydrogen) atoms. The van der Waals surface area contributed by atoms with Crippen LogP contribution in [0.25, 0.3) is 0 Å². The number of halogens is 2. The molecule has 2 aromatic carbocycles. The number of hydrogen-bond donors (Lipinski definition) is 1. The molecule has 0 aliphatic rings. The SMILES string of the molecule is COc1ccccc1CNS(=O)(=O)c1cc(Cl)cc(Cl)c1. The van der Waals surface area contributed by atoms with Crippen LogP contribution in [0.3, 0.4) is 0 Å². The fourth-order valence-corrected chi connectivity index (χ4v) is 3.52. The van der Waals surface area contributed by atoms with E-state index in [0.29, 0.717) is 5.75 Å². The fourth-order valence-electron chi connectivity index (χ4n) is 1.79. The Morgan fingerprint density at radius 2 is 1.71 bits per heavy atom. The summed E-state index contributed by atoms with van der Waals surface area (Å²) < 4.78 is 32.2. The fraction of sp³-hybridized carbons (Fsp3) is 0.143. The molecule has 0 aliphatic heterocycles. The van der Waals surface area contributed by atoms with Gasteiger partial charge in [0.2, 0.25) is 10.0 Å². The highest BCUT2D eigenvalue weighted by Gasteiger charge is 2.16. The van der Waals surface area contributed by atoms with Gasteiger partial charge in [-0.2, -0.15) is 0 Å². The van der Waals surface area contributed by atoms with Gasteiger partial charge in [0.15, 0.2) is 0 Å². The number of ether oxygens (including phenoxy) is 1. The van der Waals surface area contributed by atoms with Crippen LogP contribution in [0, 0.1) is 0 Å². The number of benzene rings is 2. The van der Waals surface area contributed by atoms with Gasteiger partial charge in [0.25, 0.3) is 0 Å². The highest BCUT2D eigenvalue weighted by molar-refractivity contribution is 7.89. The second-order valence-electron chi connectivity index (χ2n) is 4.24. The summed E-state index contributed by atoms with van der Waals surface area (Å²) in [5.41, 5.74) is 0.733. The van der Waals surface area contributed by atoms with Crippen molar-refractivity contribution in [2.45, 2.75) is 11.4 Å². The third-order valence-electron chi connectivity index (χ3n) is 2.79. The molecular formula is C14H13Cl2NO3S. The zero-order valence-corrected chi connectivity index (χ0v) is 13.5. The van der Waals surface area contributed by atoms with Crippen molar-refractivity contribution in [3.63, 3.8) is 0 Å². The van der Waals surface area contributed by atoms with E-state index >= 15 is 0 Å². The molecule has 4 nitrogen and oxygen atoms in total. The number of para-hydroxylation sites is 1. The van der Waals surface area contributed by atoms with Crippen molar-refractivity contribution in [2.75, 3.05) is 7.11 Å². The van der Waals surface area contributed by atoms with Crippen molar-refractivity contribution in [1.29, 1.82) is 0 Å². The molecule has 2 rings (SSSR count). The Kier molecular flexibility index (Phi) is 5.11. The summed E-state index contributed by atoms with van der Waals surface area (Å²) in [5.74, 6) is 0.615. The van der Waals surface area contributed by atoms with Gasteiger partial charge in [0.1, 0.15) is 5.75 Å². The van der Waals surface area contributed by atoms with E-state index in [1.54, 1.807) is 12.1 Å². The van der Waals surface area contributed by atoms with Crippen LogP contribution < -0.4 is 9.46 Å². The Labute approximate surface area is 133 Å². The highest BCUT2D eigenvalue weighted by atomic mass is 35.5. The first-order valence-electron chi connectivity index (χ1n) is 6.00. The summed E-state index contributed by atoms with van der Waals surface area (Å²) in [4.78, 5) is 0.0231. The van der Waals surface area contributed by atoms with Crippen LogP contribution in [0.1, 0.15) is 5.56 Å². The first-order valence-corrected chi connectivity index (χ1v) is 8.24. The van der Waals surface area contributed by atoms with Crippen molar-refractivity contribution >= 4 is 33.2 Å². The van der Waals surface area contributed by atoms with Gasteiger partial charge in [-0.1, -0.05) is 41.4 Å². The number of nitrogens with one attached hydrogen (secondary N) is 1. The van der Waals surface area contributed by atoms with Gasteiger partial charge in [0.05, 0.1) is 12.0 Å². The minimum atomic E-state index is -3.70. The van der Waals surface area contributed by atoms with Crippen molar-refractivity contribution in [2.24, 2.45) is 0 Å². The van der Waals surface area contributed by atoms with Crippen molar-refractivity contribution in [3.05, 3.63) is 58.1 Å². The molecule has 0 heterocycles. The summed E-state index contributed by atoms with van der Waals surface area (Å²) in [6.45, 7) is 0.108. The molecule has 1 N–H and O–H groups in total. The predicted octanol–water partition coefficient (Wildman–Crippen LogP) is 3.48. The van der Waals surface area contributed by atoms with Crippen LogP contribution in [0.2, 0.25) is 10.0 Å². The second kappa shape index (κ2) is 6.66. The minimum Gasteiger partial charge on any atom is -0.496 e. The molecule has 0 saturated heterocycles. The van der Waals surface area contributed by atoms with Crippen molar-refractivity contribution in [3.8, 4) is 5.75 Å². The normalized spacial score (nSPS) is 11.4. The van der Waals surface area contributed by atoms with Gasteiger partial charge in [-0.05, 0) is 24.3 Å². The average molecular weight is 346 g/mol. The molecule has 0 unspecified atom stereocenters. The standard InChI is InChI=1S/C14H13Cl2NO3S/c1-20-14-5-3-2-4-10(14)9-17-21(18,19)13-7-11(15)6-12(16)8-13/h2-8,17H,9H2,1H3. The van der Waals surface area contributed by atoms with Crippen LogP contribution in [0.4, 0.5) is 0 Å². The van der Waals surface area contributed by atoms with E-state index in [-0.39, 0.29) is 21.5 Å². The molecule has 0 radical (unpaired) electrons. The molecule has 7 heteroatoms. The van der Waals surface area contributed by atoms with E-state index in [0.717, 1.165) is 5.56 Å². The number of methoxy groups -OCH3 is 1. The lowest BCUT2D eigenvalue weighted by atomic mass is 10.2. The summed E-state index contributed by atoms with van der Waals surface area (Å²) >= 11 is 11.6. The van der Waals surface area contributed by atoms with Crippen molar-refractivity contribution in [1.82, 2.24) is 4.72 Å². The van der Waals surface area contributed by atoms with Crippen LogP contribution in [-0.4, -0.2) is 15.5 Å². The third kappa shape index (κ3) is 4.11. The maximum atomic E-state index is 12.2. The topological polar surface area (TPSA) is 55.4 Å². The van der Waals surface area contributed by atoms with Gasteiger partial charge in [-0.15, -0.1) is 0 Å². The van der Waals surface area contributed by atoms with E-state index in [2.05, 4.69) is 4.72 Å². The molecule has 112 valence electrons. The molecule has 0 fully saturated rings. The summed E-state index contributed by atoms with van der Waals surface area (Å²) in [6, 6.07) is 11.3. The van der Waals surface area contributed by atoms with Crippen LogP contribution in [0.5, 0.6) is 5.75 Å². The number of hydrogen-bond acceptors (Lipinski definition) is 3. The molecule has 0 aromatic heterocycles. The summed E-state index contributed by atoms with van der Waals surface area (Å²) in [6.07, 6.45) is 0. The first kappa shape index (κ1) is 16.1. The second-order valence-corrected chi connectivity index (χ2v) is 6.88. The van der Waals surface area contributed by atoms with E-state index in [4.69, 9.17) is 27.9 Å². The molecule has 0 aliphatic carbocycles. The maximum absolute atomic E-state index is 12.2. The van der Waals surface area contributed by atoms with Gasteiger partial charge >= 0.3 is 0 Å². The highest BCUT2D eigenvalue weighted by Crippen LogP contribution is 2.23. The Morgan fingerprint density at radius 1 is 1.10 bits per heavy atom. The largest absolute Gasteiger partial charge is 0.496 e. The van der Waals surface area contributed by atoms with Crippen LogP contribution in [-0.2, 0) is 16.6 Å². The lowest BCUT2D eigenvalue weighted by Crippen LogP contribution is -2.23. The quantitative estimate of drug-likeness (QED) is 0.902. The first-order chi connectivity index (χ1) is 9.92.